The molecule has 22 heavy (non-hydrogen) atoms. The number of hydrogen-bond acceptors (Lipinski definition) is 3. The van der Waals surface area contributed by atoms with Crippen LogP contribution in [0, 0.1) is 0 Å². The van der Waals surface area contributed by atoms with Gasteiger partial charge in [-0.05, 0) is 25.3 Å². The second-order valence-electron chi connectivity index (χ2n) is 5.13. The summed E-state index contributed by atoms with van der Waals surface area (Å²) in [5.74, 6) is -5.77. The van der Waals surface area contributed by atoms with E-state index in [-0.39, 0.29) is 24.2 Å². The average Bonchev–Trinajstić information content (AvgIpc) is 2.42. The summed E-state index contributed by atoms with van der Waals surface area (Å²) in [6, 6.07) is 5.55. The maximum Gasteiger partial charge on any atom is 0.387 e. The van der Waals surface area contributed by atoms with Gasteiger partial charge in [-0.15, -0.1) is 0 Å². The highest BCUT2D eigenvalue weighted by atomic mass is 19.3. The van der Waals surface area contributed by atoms with Gasteiger partial charge in [0.2, 0.25) is 0 Å². The molecule has 1 aromatic rings. The van der Waals surface area contributed by atoms with Gasteiger partial charge in [0, 0.05) is 12.1 Å². The number of benzene rings is 1. The first kappa shape index (κ1) is 16.5. The lowest BCUT2D eigenvalue weighted by Crippen LogP contribution is -2.60. The Morgan fingerprint density at radius 1 is 1.36 bits per heavy atom. The van der Waals surface area contributed by atoms with Crippen molar-refractivity contribution in [3.63, 3.8) is 0 Å². The number of nitrogens with one attached hydrogen (secondary N) is 1. The highest BCUT2D eigenvalue weighted by Crippen LogP contribution is 2.44. The van der Waals surface area contributed by atoms with Crippen molar-refractivity contribution in [2.45, 2.75) is 43.9 Å². The van der Waals surface area contributed by atoms with Crippen LogP contribution in [0.1, 0.15) is 24.8 Å². The van der Waals surface area contributed by atoms with Crippen LogP contribution in [-0.4, -0.2) is 29.1 Å². The van der Waals surface area contributed by atoms with Crippen LogP contribution in [0.4, 0.5) is 17.6 Å². The summed E-state index contributed by atoms with van der Waals surface area (Å²) < 4.78 is 56.4. The Morgan fingerprint density at radius 3 is 2.55 bits per heavy atom. The second-order valence-corrected chi connectivity index (χ2v) is 5.13. The second kappa shape index (κ2) is 6.12. The van der Waals surface area contributed by atoms with Crippen molar-refractivity contribution in [1.82, 2.24) is 5.32 Å². The number of aliphatic hydroxyl groups is 1. The zero-order chi connectivity index (χ0) is 16.4. The third kappa shape index (κ3) is 3.16. The van der Waals surface area contributed by atoms with Crippen LogP contribution < -0.4 is 10.1 Å². The topological polar surface area (TPSA) is 58.6 Å². The van der Waals surface area contributed by atoms with E-state index in [0.717, 1.165) is 0 Å². The molecule has 1 saturated carbocycles. The summed E-state index contributed by atoms with van der Waals surface area (Å²) in [5.41, 5.74) is -2.19. The summed E-state index contributed by atoms with van der Waals surface area (Å²) in [4.78, 5) is 11.6. The number of ether oxygens (including phenoxy) is 1. The molecule has 1 fully saturated rings. The molecule has 0 heterocycles. The largest absolute Gasteiger partial charge is 0.434 e. The average molecular weight is 321 g/mol. The van der Waals surface area contributed by atoms with Crippen LogP contribution in [0.15, 0.2) is 24.3 Å². The van der Waals surface area contributed by atoms with E-state index in [2.05, 4.69) is 4.74 Å². The van der Waals surface area contributed by atoms with Crippen molar-refractivity contribution in [2.24, 2.45) is 0 Å². The zero-order valence-electron chi connectivity index (χ0n) is 11.5. The molecule has 0 unspecified atom stereocenters. The van der Waals surface area contributed by atoms with Crippen molar-refractivity contribution >= 4 is 5.91 Å². The van der Waals surface area contributed by atoms with Gasteiger partial charge in [0.15, 0.2) is 0 Å². The fourth-order valence-corrected chi connectivity index (χ4v) is 2.18. The Kier molecular flexibility index (Phi) is 4.60. The van der Waals surface area contributed by atoms with Gasteiger partial charge >= 0.3 is 12.5 Å². The molecule has 1 aliphatic rings. The van der Waals surface area contributed by atoms with Crippen molar-refractivity contribution < 1.29 is 32.2 Å². The van der Waals surface area contributed by atoms with E-state index in [4.69, 9.17) is 0 Å². The monoisotopic (exact) mass is 321 g/mol. The van der Waals surface area contributed by atoms with E-state index in [9.17, 15) is 27.5 Å². The third-order valence-electron chi connectivity index (χ3n) is 3.68. The Morgan fingerprint density at radius 2 is 2.00 bits per heavy atom. The molecule has 0 radical (unpaired) electrons. The van der Waals surface area contributed by atoms with Crippen LogP contribution >= 0.6 is 0 Å². The first-order valence-corrected chi connectivity index (χ1v) is 6.67. The highest BCUT2D eigenvalue weighted by Gasteiger charge is 2.61. The molecule has 1 aliphatic carbocycles. The van der Waals surface area contributed by atoms with E-state index < -0.39 is 30.6 Å². The minimum absolute atomic E-state index is 0.132. The molecular weight excluding hydrogens is 306 g/mol. The summed E-state index contributed by atoms with van der Waals surface area (Å²) in [6.07, 6.45) is 0.113. The van der Waals surface area contributed by atoms with Crippen LogP contribution in [0.5, 0.6) is 5.75 Å². The zero-order valence-corrected chi connectivity index (χ0v) is 11.5. The van der Waals surface area contributed by atoms with Gasteiger partial charge in [-0.1, -0.05) is 18.2 Å². The van der Waals surface area contributed by atoms with Gasteiger partial charge < -0.3 is 15.2 Å². The Bertz CT molecular complexity index is 547. The molecule has 2 N–H and O–H groups in total. The number of amides is 1. The summed E-state index contributed by atoms with van der Waals surface area (Å²) in [7, 11) is 0. The third-order valence-corrected chi connectivity index (χ3v) is 3.68. The van der Waals surface area contributed by atoms with Gasteiger partial charge in [0.1, 0.15) is 11.4 Å². The number of rotatable bonds is 6. The fourth-order valence-electron chi connectivity index (χ4n) is 2.18. The molecule has 0 spiro atoms. The SMILES string of the molecule is O=C(NCc1ccccc1OC(F)F)C(F)(F)C1(O)CCC1. The first-order valence-electron chi connectivity index (χ1n) is 6.67. The van der Waals surface area contributed by atoms with Crippen molar-refractivity contribution in [2.75, 3.05) is 0 Å². The van der Waals surface area contributed by atoms with Gasteiger partial charge in [0.25, 0.3) is 5.91 Å². The predicted molar refractivity (Wildman–Crippen MR) is 68.7 cm³/mol. The van der Waals surface area contributed by atoms with Gasteiger partial charge in [-0.2, -0.15) is 17.6 Å². The number of carbonyl (C=O) groups is 1. The number of hydrogen-bond donors (Lipinski definition) is 2. The standard InChI is InChI=1S/C14H15F4NO3/c15-12(16)22-10-5-2-1-4-9(10)8-19-11(20)14(17,18)13(21)6-3-7-13/h1-2,4-5,12,21H,3,6-8H2,(H,19,20). The summed E-state index contributed by atoms with van der Waals surface area (Å²) in [6.45, 7) is -3.47. The van der Waals surface area contributed by atoms with E-state index >= 15 is 0 Å². The summed E-state index contributed by atoms with van der Waals surface area (Å²) in [5, 5.41) is 11.6. The lowest BCUT2D eigenvalue weighted by atomic mass is 9.75. The van der Waals surface area contributed by atoms with E-state index in [1.165, 1.54) is 24.3 Å². The molecule has 0 aromatic heterocycles. The lowest BCUT2D eigenvalue weighted by Gasteiger charge is -2.41. The van der Waals surface area contributed by atoms with Crippen molar-refractivity contribution in [3.05, 3.63) is 29.8 Å². The number of carbonyl (C=O) groups excluding carboxylic acids is 1. The minimum Gasteiger partial charge on any atom is -0.434 e. The lowest BCUT2D eigenvalue weighted by molar-refractivity contribution is -0.216. The van der Waals surface area contributed by atoms with Crippen LogP contribution in [0.2, 0.25) is 0 Å². The van der Waals surface area contributed by atoms with E-state index in [1.54, 1.807) is 0 Å². The normalized spacial score (nSPS) is 17.0. The molecule has 4 nitrogen and oxygen atoms in total. The van der Waals surface area contributed by atoms with Crippen molar-refractivity contribution in [3.8, 4) is 5.75 Å². The van der Waals surface area contributed by atoms with E-state index in [0.29, 0.717) is 6.42 Å². The first-order chi connectivity index (χ1) is 10.3. The number of halogens is 4. The van der Waals surface area contributed by atoms with E-state index in [1.807, 2.05) is 5.32 Å². The molecule has 1 amide bonds. The summed E-state index contributed by atoms with van der Waals surface area (Å²) >= 11 is 0. The number of para-hydroxylation sites is 1. The van der Waals surface area contributed by atoms with Crippen LogP contribution in [0.25, 0.3) is 0 Å². The predicted octanol–water partition coefficient (Wildman–Crippen LogP) is 2.45. The van der Waals surface area contributed by atoms with Crippen molar-refractivity contribution in [1.29, 1.82) is 0 Å². The smallest absolute Gasteiger partial charge is 0.387 e. The molecule has 1 aromatic carbocycles. The van der Waals surface area contributed by atoms with Crippen LogP contribution in [0.3, 0.4) is 0 Å². The molecule has 2 rings (SSSR count). The molecule has 0 atom stereocenters. The molecule has 8 heteroatoms. The maximum absolute atomic E-state index is 13.8. The Labute approximate surface area is 124 Å². The highest BCUT2D eigenvalue weighted by molar-refractivity contribution is 5.85. The van der Waals surface area contributed by atoms with Gasteiger partial charge in [-0.25, -0.2) is 0 Å². The van der Waals surface area contributed by atoms with Gasteiger partial charge in [-0.3, -0.25) is 4.79 Å². The molecule has 122 valence electrons. The molecular formula is C14H15F4NO3. The molecule has 0 bridgehead atoms. The Hall–Kier alpha value is -1.83. The van der Waals surface area contributed by atoms with Crippen LogP contribution in [-0.2, 0) is 11.3 Å². The van der Waals surface area contributed by atoms with Gasteiger partial charge in [0.05, 0.1) is 0 Å². The quantitative estimate of drug-likeness (QED) is 0.791. The Balaban J connectivity index is 2.02. The maximum atomic E-state index is 13.8. The number of alkyl halides is 4. The molecule has 0 saturated heterocycles. The molecule has 0 aliphatic heterocycles. The minimum atomic E-state index is -3.93. The fraction of sp³-hybridized carbons (Fsp3) is 0.500.